The van der Waals surface area contributed by atoms with Gasteiger partial charge in [-0.15, -0.1) is 0 Å². The van der Waals surface area contributed by atoms with Crippen molar-refractivity contribution in [1.82, 2.24) is 5.32 Å². The number of benzene rings is 1. The Morgan fingerprint density at radius 3 is 2.33 bits per heavy atom. The molecule has 5 aliphatic rings. The summed E-state index contributed by atoms with van der Waals surface area (Å²) >= 11 is 0. The Labute approximate surface area is 302 Å². The van der Waals surface area contributed by atoms with Gasteiger partial charge in [-0.25, -0.2) is 0 Å². The van der Waals surface area contributed by atoms with E-state index in [0.717, 1.165) is 24.0 Å². The predicted octanol–water partition coefficient (Wildman–Crippen LogP) is 7.34. The Balaban J connectivity index is 1.63. The van der Waals surface area contributed by atoms with E-state index in [2.05, 4.69) is 25.2 Å². The lowest BCUT2D eigenvalue weighted by molar-refractivity contribution is -0.171. The summed E-state index contributed by atoms with van der Waals surface area (Å²) in [5, 5.41) is 26.5. The number of carbonyl (C=O) groups is 3. The molecule has 6 rings (SSSR count). The Bertz CT molecular complexity index is 1770. The molecule has 1 saturated carbocycles. The van der Waals surface area contributed by atoms with E-state index in [9.17, 15) is 24.6 Å². The number of nitrogens with one attached hydrogen (secondary N) is 1. The fourth-order valence-electron chi connectivity index (χ4n) is 8.33. The second-order valence-electron chi connectivity index (χ2n) is 15.5. The number of ketones is 2. The van der Waals surface area contributed by atoms with Crippen molar-refractivity contribution in [2.24, 2.45) is 11.8 Å². The molecule has 4 atom stereocenters. The standard InChI is InChI=1S/C42H55NO8/c1-10-49-21-20-43-39(48)27(7)18-19-41-38(47)28-22-31-36(46)33-35(45)29(17-15-26(6)13-11-12-24(2)3)34(44)30(16-14-25(4)5)37(33)50-42(31,41)32(23-28)40(8,9)51-41/h12,14-15,18,22,28,32,44-45H,10-11,13,16-17,19-21,23H2,1-9H3,(H,43,48)/b26-15+,27-18-/t28-,32+,41+,42+/m1/s1. The molecule has 51 heavy (non-hydrogen) atoms. The number of allylic oxidation sites excluding steroid dienone is 7. The first-order valence-electron chi connectivity index (χ1n) is 18.3. The highest BCUT2D eigenvalue weighted by molar-refractivity contribution is 6.18. The number of ether oxygens (including phenoxy) is 3. The lowest BCUT2D eigenvalue weighted by Crippen LogP contribution is -2.72. The van der Waals surface area contributed by atoms with Gasteiger partial charge in [0.05, 0.1) is 12.2 Å². The van der Waals surface area contributed by atoms with Crippen LogP contribution in [0, 0.1) is 11.8 Å². The van der Waals surface area contributed by atoms with Crippen LogP contribution >= 0.6 is 0 Å². The van der Waals surface area contributed by atoms with Crippen molar-refractivity contribution in [3.63, 3.8) is 0 Å². The van der Waals surface area contributed by atoms with Crippen LogP contribution in [-0.2, 0) is 31.9 Å². The van der Waals surface area contributed by atoms with Gasteiger partial charge in [0.2, 0.25) is 5.91 Å². The van der Waals surface area contributed by atoms with E-state index in [1.54, 1.807) is 19.1 Å². The summed E-state index contributed by atoms with van der Waals surface area (Å²) in [6.45, 7) is 18.7. The zero-order chi connectivity index (χ0) is 37.5. The van der Waals surface area contributed by atoms with Crippen LogP contribution < -0.4 is 10.1 Å². The van der Waals surface area contributed by atoms with E-state index in [1.165, 1.54) is 5.57 Å². The minimum absolute atomic E-state index is 0.000166. The molecule has 4 bridgehead atoms. The van der Waals surface area contributed by atoms with Gasteiger partial charge in [0, 0.05) is 53.7 Å². The van der Waals surface area contributed by atoms with Crippen molar-refractivity contribution in [3.8, 4) is 17.2 Å². The molecule has 3 aliphatic carbocycles. The summed E-state index contributed by atoms with van der Waals surface area (Å²) in [4.78, 5) is 42.3. The molecule has 9 heteroatoms. The molecular formula is C42H55NO8. The quantitative estimate of drug-likeness (QED) is 0.104. The van der Waals surface area contributed by atoms with E-state index in [4.69, 9.17) is 14.2 Å². The number of hydrogen-bond acceptors (Lipinski definition) is 8. The highest BCUT2D eigenvalue weighted by atomic mass is 16.6. The Morgan fingerprint density at radius 1 is 0.980 bits per heavy atom. The SMILES string of the molecule is CCOCCNC(=O)/C(C)=C\C[C@@]12OC(C)(C)[C@@H]3C[C@@H](C=C4C(=O)c5c(O)c(C/C=C(\C)CCC=C(C)C)c(O)c(CC=C(C)C)c5O[C@@]431)C2=O. The van der Waals surface area contributed by atoms with E-state index in [-0.39, 0.29) is 59.3 Å². The maximum atomic E-state index is 14.9. The normalized spacial score (nSPS) is 25.9. The fourth-order valence-corrected chi connectivity index (χ4v) is 8.33. The number of Topliss-reactive ketones (excluding diaryl/α,β-unsaturated/α-hetero) is 2. The smallest absolute Gasteiger partial charge is 0.246 e. The molecule has 2 aliphatic heterocycles. The zero-order valence-electron chi connectivity index (χ0n) is 31.7. The van der Waals surface area contributed by atoms with Crippen molar-refractivity contribution in [3.05, 3.63) is 74.9 Å². The zero-order valence-corrected chi connectivity index (χ0v) is 31.7. The molecule has 1 aromatic rings. The minimum atomic E-state index is -1.61. The third-order valence-corrected chi connectivity index (χ3v) is 10.9. The molecular weight excluding hydrogens is 646 g/mol. The molecule has 276 valence electrons. The van der Waals surface area contributed by atoms with Crippen molar-refractivity contribution < 1.29 is 38.8 Å². The van der Waals surface area contributed by atoms with Crippen LogP contribution in [0.1, 0.15) is 109 Å². The van der Waals surface area contributed by atoms with Crippen molar-refractivity contribution in [1.29, 1.82) is 0 Å². The van der Waals surface area contributed by atoms with Gasteiger partial charge in [-0.2, -0.15) is 0 Å². The maximum absolute atomic E-state index is 14.9. The third-order valence-electron chi connectivity index (χ3n) is 10.9. The summed E-state index contributed by atoms with van der Waals surface area (Å²) in [6, 6.07) is 0. The average Bonchev–Trinajstić information content (AvgIpc) is 3.21. The maximum Gasteiger partial charge on any atom is 0.246 e. The Kier molecular flexibility index (Phi) is 10.9. The summed E-state index contributed by atoms with van der Waals surface area (Å²) < 4.78 is 19.2. The number of fused-ring (bicyclic) bond motifs is 1. The molecule has 0 radical (unpaired) electrons. The first-order chi connectivity index (χ1) is 24.0. The molecule has 1 amide bonds. The highest BCUT2D eigenvalue weighted by Gasteiger charge is 2.81. The number of carbonyl (C=O) groups excluding carboxylic acids is 3. The van der Waals surface area contributed by atoms with Gasteiger partial charge in [-0.05, 0) is 94.4 Å². The van der Waals surface area contributed by atoms with E-state index in [0.29, 0.717) is 42.9 Å². The average molecular weight is 702 g/mol. The van der Waals surface area contributed by atoms with Crippen LogP contribution in [0.3, 0.4) is 0 Å². The summed E-state index contributed by atoms with van der Waals surface area (Å²) in [5.41, 5.74) is 0.670. The topological polar surface area (TPSA) is 131 Å². The van der Waals surface area contributed by atoms with Gasteiger partial charge in [0.25, 0.3) is 0 Å². The summed E-state index contributed by atoms with van der Waals surface area (Å²) in [6.07, 6.45) is 12.1. The van der Waals surface area contributed by atoms with Crippen LogP contribution in [0.5, 0.6) is 17.2 Å². The molecule has 3 N–H and O–H groups in total. The Morgan fingerprint density at radius 2 is 1.67 bits per heavy atom. The van der Waals surface area contributed by atoms with E-state index < -0.39 is 34.4 Å². The number of amides is 1. The summed E-state index contributed by atoms with van der Waals surface area (Å²) in [7, 11) is 0. The van der Waals surface area contributed by atoms with Gasteiger partial charge < -0.3 is 29.7 Å². The Hall–Kier alpha value is -3.95. The van der Waals surface area contributed by atoms with Gasteiger partial charge in [0.1, 0.15) is 22.8 Å². The second kappa shape index (κ2) is 14.6. The second-order valence-corrected chi connectivity index (χ2v) is 15.5. The fraction of sp³-hybridized carbons (Fsp3) is 0.548. The van der Waals surface area contributed by atoms with Gasteiger partial charge in [-0.3, -0.25) is 14.4 Å². The van der Waals surface area contributed by atoms with Crippen LogP contribution in [0.15, 0.2) is 58.2 Å². The lowest BCUT2D eigenvalue weighted by atomic mass is 9.51. The number of phenols is 2. The molecule has 0 aromatic heterocycles. The van der Waals surface area contributed by atoms with Gasteiger partial charge >= 0.3 is 0 Å². The molecule has 9 nitrogen and oxygen atoms in total. The van der Waals surface area contributed by atoms with Crippen molar-refractivity contribution in [2.45, 2.75) is 118 Å². The largest absolute Gasteiger partial charge is 0.507 e. The molecule has 1 spiro atoms. The minimum Gasteiger partial charge on any atom is -0.507 e. The number of phenolic OH excluding ortho intramolecular Hbond substituents is 2. The number of rotatable bonds is 14. The van der Waals surface area contributed by atoms with Crippen molar-refractivity contribution in [2.75, 3.05) is 19.8 Å². The number of hydrogen-bond donors (Lipinski definition) is 3. The molecule has 2 fully saturated rings. The summed E-state index contributed by atoms with van der Waals surface area (Å²) in [5.74, 6) is -2.28. The molecule has 0 unspecified atom stereocenters. The van der Waals surface area contributed by atoms with Gasteiger partial charge in [0.15, 0.2) is 22.8 Å². The molecule has 1 saturated heterocycles. The monoisotopic (exact) mass is 701 g/mol. The van der Waals surface area contributed by atoms with Crippen LogP contribution in [-0.4, -0.2) is 64.2 Å². The highest BCUT2D eigenvalue weighted by Crippen LogP contribution is 2.68. The predicted molar refractivity (Wildman–Crippen MR) is 197 cm³/mol. The molecule has 2 heterocycles. The molecule has 1 aromatic carbocycles. The third kappa shape index (κ3) is 6.63. The van der Waals surface area contributed by atoms with E-state index in [1.807, 2.05) is 53.7 Å². The van der Waals surface area contributed by atoms with E-state index >= 15 is 0 Å². The first-order valence-corrected chi connectivity index (χ1v) is 18.3. The number of aromatic hydroxyl groups is 2. The van der Waals surface area contributed by atoms with Gasteiger partial charge in [-0.1, -0.05) is 47.1 Å². The van der Waals surface area contributed by atoms with Crippen LogP contribution in [0.4, 0.5) is 0 Å². The first kappa shape index (κ1) is 38.3. The van der Waals surface area contributed by atoms with Crippen LogP contribution in [0.25, 0.3) is 0 Å². The lowest BCUT2D eigenvalue weighted by Gasteiger charge is -2.56. The van der Waals surface area contributed by atoms with Crippen LogP contribution in [0.2, 0.25) is 0 Å². The van der Waals surface area contributed by atoms with Crippen molar-refractivity contribution >= 4 is 17.5 Å².